The first-order chi connectivity index (χ1) is 9.63. The zero-order valence-corrected chi connectivity index (χ0v) is 11.6. The summed E-state index contributed by atoms with van der Waals surface area (Å²) >= 11 is 0. The lowest BCUT2D eigenvalue weighted by molar-refractivity contribution is -0.138. The van der Waals surface area contributed by atoms with Crippen LogP contribution in [0.2, 0.25) is 0 Å². The van der Waals surface area contributed by atoms with Crippen LogP contribution in [0.4, 0.5) is 0 Å². The number of rotatable bonds is 5. The normalized spacial score (nSPS) is 17.4. The Morgan fingerprint density at radius 3 is 3.00 bits per heavy atom. The molecule has 0 spiro atoms. The molecule has 0 amide bonds. The van der Waals surface area contributed by atoms with Gasteiger partial charge in [0.25, 0.3) is 0 Å². The topological polar surface area (TPSA) is 49.8 Å². The van der Waals surface area contributed by atoms with E-state index in [1.807, 2.05) is 17.0 Å². The monoisotopic (exact) mass is 273 g/mol. The molecule has 1 aromatic rings. The van der Waals surface area contributed by atoms with Crippen LogP contribution >= 0.6 is 0 Å². The van der Waals surface area contributed by atoms with Crippen molar-refractivity contribution in [2.24, 2.45) is 0 Å². The number of carboxylic acid groups (broad SMARTS) is 1. The van der Waals surface area contributed by atoms with Gasteiger partial charge in [0.2, 0.25) is 0 Å². The summed E-state index contributed by atoms with van der Waals surface area (Å²) in [5, 5.41) is 8.99. The summed E-state index contributed by atoms with van der Waals surface area (Å²) in [5.74, 6) is 2.56. The van der Waals surface area contributed by atoms with E-state index in [4.69, 9.17) is 16.3 Å². The molecule has 1 aliphatic carbocycles. The molecule has 1 atom stereocenters. The fourth-order valence-corrected chi connectivity index (χ4v) is 2.76. The van der Waals surface area contributed by atoms with Crippen LogP contribution in [0.15, 0.2) is 18.2 Å². The number of nitrogens with zero attached hydrogens (tertiary/aromatic N) is 1. The molecule has 4 heteroatoms. The summed E-state index contributed by atoms with van der Waals surface area (Å²) in [6.07, 6.45) is 8.06. The number of hydrogen-bond donors (Lipinski definition) is 1. The van der Waals surface area contributed by atoms with Crippen molar-refractivity contribution in [1.29, 1.82) is 0 Å². The number of hydrogen-bond acceptors (Lipinski definition) is 3. The number of carbonyl (C=O) groups is 1. The van der Waals surface area contributed by atoms with Crippen LogP contribution in [0.3, 0.4) is 0 Å². The first-order valence-corrected chi connectivity index (χ1v) is 6.69. The van der Waals surface area contributed by atoms with Crippen molar-refractivity contribution in [2.45, 2.75) is 25.3 Å². The van der Waals surface area contributed by atoms with Gasteiger partial charge < -0.3 is 9.84 Å². The molecule has 4 nitrogen and oxygen atoms in total. The quantitative estimate of drug-likeness (QED) is 0.827. The largest absolute Gasteiger partial charge is 0.497 e. The van der Waals surface area contributed by atoms with E-state index in [2.05, 4.69) is 12.0 Å². The van der Waals surface area contributed by atoms with Gasteiger partial charge in [-0.25, -0.2) is 0 Å². The zero-order valence-electron chi connectivity index (χ0n) is 11.6. The lowest BCUT2D eigenvalue weighted by Gasteiger charge is -2.33. The Hall–Kier alpha value is -1.99. The van der Waals surface area contributed by atoms with Crippen molar-refractivity contribution < 1.29 is 14.6 Å². The smallest absolute Gasteiger partial charge is 0.317 e. The number of carboxylic acids is 1. The van der Waals surface area contributed by atoms with Crippen LogP contribution in [0.25, 0.3) is 0 Å². The maximum Gasteiger partial charge on any atom is 0.317 e. The second kappa shape index (κ2) is 6.44. The number of benzene rings is 1. The summed E-state index contributed by atoms with van der Waals surface area (Å²) in [4.78, 5) is 12.8. The highest BCUT2D eigenvalue weighted by Crippen LogP contribution is 2.27. The fraction of sp³-hybridized carbons (Fsp3) is 0.438. The van der Waals surface area contributed by atoms with Crippen LogP contribution in [0.1, 0.15) is 17.5 Å². The highest BCUT2D eigenvalue weighted by molar-refractivity contribution is 5.69. The fourth-order valence-electron chi connectivity index (χ4n) is 2.76. The van der Waals surface area contributed by atoms with E-state index in [9.17, 15) is 4.79 Å². The van der Waals surface area contributed by atoms with Gasteiger partial charge in [0.1, 0.15) is 5.75 Å². The van der Waals surface area contributed by atoms with Gasteiger partial charge in [-0.15, -0.1) is 6.42 Å². The van der Waals surface area contributed by atoms with Crippen molar-refractivity contribution in [3.8, 4) is 18.1 Å². The lowest BCUT2D eigenvalue weighted by Crippen LogP contribution is -2.42. The van der Waals surface area contributed by atoms with E-state index in [1.54, 1.807) is 7.11 Å². The maximum atomic E-state index is 10.9. The van der Waals surface area contributed by atoms with Crippen molar-refractivity contribution >= 4 is 5.97 Å². The number of methoxy groups -OCH3 is 1. The molecule has 1 unspecified atom stereocenters. The van der Waals surface area contributed by atoms with E-state index in [0.29, 0.717) is 6.54 Å². The van der Waals surface area contributed by atoms with E-state index >= 15 is 0 Å². The van der Waals surface area contributed by atoms with Crippen LogP contribution in [0.5, 0.6) is 5.75 Å². The SMILES string of the molecule is C#CCN(CC(=O)O)C1CCc2ccc(OC)cc2C1. The standard InChI is InChI=1S/C16H19NO3/c1-3-8-17(11-16(18)19)14-6-4-12-5-7-15(20-2)10-13(12)9-14/h1,5,7,10,14H,4,6,8-9,11H2,2H3,(H,18,19). The summed E-state index contributed by atoms with van der Waals surface area (Å²) in [5.41, 5.74) is 2.55. The predicted molar refractivity (Wildman–Crippen MR) is 76.8 cm³/mol. The molecule has 0 aromatic heterocycles. The third-order valence-electron chi connectivity index (χ3n) is 3.76. The predicted octanol–water partition coefficient (Wildman–Crippen LogP) is 1.57. The Labute approximate surface area is 119 Å². The number of fused-ring (bicyclic) bond motifs is 1. The molecule has 1 N–H and O–H groups in total. The van der Waals surface area contributed by atoms with Crippen LogP contribution in [-0.2, 0) is 17.6 Å². The molecule has 1 aliphatic rings. The Morgan fingerprint density at radius 1 is 1.55 bits per heavy atom. The lowest BCUT2D eigenvalue weighted by atomic mass is 9.87. The average molecular weight is 273 g/mol. The molecule has 0 saturated heterocycles. The zero-order chi connectivity index (χ0) is 14.5. The molecule has 1 aromatic carbocycles. The second-order valence-corrected chi connectivity index (χ2v) is 5.03. The number of ether oxygens (including phenoxy) is 1. The van der Waals surface area contributed by atoms with E-state index in [1.165, 1.54) is 11.1 Å². The van der Waals surface area contributed by atoms with E-state index in [-0.39, 0.29) is 12.6 Å². The maximum absolute atomic E-state index is 10.9. The molecule has 2 rings (SSSR count). The first kappa shape index (κ1) is 14.4. The molecule has 0 bridgehead atoms. The number of terminal acetylenes is 1. The molecule has 0 heterocycles. The van der Waals surface area contributed by atoms with Gasteiger partial charge in [-0.05, 0) is 42.5 Å². The van der Waals surface area contributed by atoms with Gasteiger partial charge in [-0.2, -0.15) is 0 Å². The molecule has 0 saturated carbocycles. The Balaban J connectivity index is 2.15. The van der Waals surface area contributed by atoms with Crippen LogP contribution < -0.4 is 4.74 Å². The summed E-state index contributed by atoms with van der Waals surface area (Å²) in [6.45, 7) is 0.366. The summed E-state index contributed by atoms with van der Waals surface area (Å²) < 4.78 is 5.25. The third kappa shape index (κ3) is 3.31. The van der Waals surface area contributed by atoms with Crippen LogP contribution in [0, 0.1) is 12.3 Å². The minimum Gasteiger partial charge on any atom is -0.497 e. The minimum atomic E-state index is -0.836. The van der Waals surface area contributed by atoms with Gasteiger partial charge in [-0.1, -0.05) is 12.0 Å². The molecule has 0 radical (unpaired) electrons. The van der Waals surface area contributed by atoms with Crippen molar-refractivity contribution in [2.75, 3.05) is 20.2 Å². The summed E-state index contributed by atoms with van der Waals surface area (Å²) in [6, 6.07) is 6.28. The second-order valence-electron chi connectivity index (χ2n) is 5.03. The van der Waals surface area contributed by atoms with Gasteiger partial charge in [-0.3, -0.25) is 9.69 Å². The average Bonchev–Trinajstić information content (AvgIpc) is 2.45. The van der Waals surface area contributed by atoms with Gasteiger partial charge in [0.05, 0.1) is 20.2 Å². The minimum absolute atomic E-state index is 0.00579. The molecule has 0 aliphatic heterocycles. The van der Waals surface area contributed by atoms with Gasteiger partial charge in [0.15, 0.2) is 0 Å². The van der Waals surface area contributed by atoms with Crippen molar-refractivity contribution in [3.05, 3.63) is 29.3 Å². The molecule has 0 fully saturated rings. The molecule has 20 heavy (non-hydrogen) atoms. The number of aryl methyl sites for hydroxylation is 1. The first-order valence-electron chi connectivity index (χ1n) is 6.69. The van der Waals surface area contributed by atoms with Crippen molar-refractivity contribution in [1.82, 2.24) is 4.90 Å². The molecule has 106 valence electrons. The molecular formula is C16H19NO3. The highest BCUT2D eigenvalue weighted by atomic mass is 16.5. The molecular weight excluding hydrogens is 254 g/mol. The Kier molecular flexibility index (Phi) is 4.65. The highest BCUT2D eigenvalue weighted by Gasteiger charge is 2.25. The van der Waals surface area contributed by atoms with Crippen LogP contribution in [-0.4, -0.2) is 42.2 Å². The third-order valence-corrected chi connectivity index (χ3v) is 3.76. The summed E-state index contributed by atoms with van der Waals surface area (Å²) in [7, 11) is 1.65. The van der Waals surface area contributed by atoms with E-state index < -0.39 is 5.97 Å². The number of aliphatic carboxylic acids is 1. The van der Waals surface area contributed by atoms with Crippen molar-refractivity contribution in [3.63, 3.8) is 0 Å². The Bertz CT molecular complexity index is 533. The van der Waals surface area contributed by atoms with E-state index in [0.717, 1.165) is 25.0 Å². The van der Waals surface area contributed by atoms with Gasteiger partial charge >= 0.3 is 5.97 Å². The van der Waals surface area contributed by atoms with Gasteiger partial charge in [0, 0.05) is 6.04 Å². The Morgan fingerprint density at radius 2 is 2.35 bits per heavy atom.